The van der Waals surface area contributed by atoms with Crippen LogP contribution in [0.3, 0.4) is 0 Å². The van der Waals surface area contributed by atoms with E-state index in [-0.39, 0.29) is 11.8 Å². The molecule has 0 radical (unpaired) electrons. The highest BCUT2D eigenvalue weighted by Gasteiger charge is 2.24. The summed E-state index contributed by atoms with van der Waals surface area (Å²) in [7, 11) is 0. The number of para-hydroxylation sites is 1. The molecule has 1 rings (SSSR count). The number of benzene rings is 1. The number of rotatable bonds is 5. The quantitative estimate of drug-likeness (QED) is 0.861. The molecule has 96 valence electrons. The molecule has 0 spiro atoms. The highest BCUT2D eigenvalue weighted by atomic mass is 16.2. The van der Waals surface area contributed by atoms with Gasteiger partial charge in [0.25, 0.3) is 0 Å². The SMILES string of the molecule is CC(C)C(N)C(=O)N(CCC#N)c1ccccc1. The number of carbonyl (C=O) groups excluding carboxylic acids is 1. The topological polar surface area (TPSA) is 70.1 Å². The molecule has 1 aromatic rings. The maximum Gasteiger partial charge on any atom is 0.244 e. The summed E-state index contributed by atoms with van der Waals surface area (Å²) in [5, 5.41) is 8.67. The molecule has 1 aromatic carbocycles. The summed E-state index contributed by atoms with van der Waals surface area (Å²) < 4.78 is 0. The first-order valence-electron chi connectivity index (χ1n) is 6.07. The second kappa shape index (κ2) is 6.77. The summed E-state index contributed by atoms with van der Waals surface area (Å²) in [6, 6.07) is 10.8. The van der Waals surface area contributed by atoms with Crippen LogP contribution in [0.2, 0.25) is 0 Å². The van der Waals surface area contributed by atoms with Crippen LogP contribution in [0.4, 0.5) is 5.69 Å². The Balaban J connectivity index is 2.92. The van der Waals surface area contributed by atoms with Gasteiger partial charge in [-0.25, -0.2) is 0 Å². The van der Waals surface area contributed by atoms with E-state index in [1.165, 1.54) is 0 Å². The molecule has 0 saturated heterocycles. The molecule has 18 heavy (non-hydrogen) atoms. The number of nitrogens with zero attached hydrogens (tertiary/aromatic N) is 2. The van der Waals surface area contributed by atoms with Crippen molar-refractivity contribution in [1.82, 2.24) is 0 Å². The molecule has 0 bridgehead atoms. The maximum absolute atomic E-state index is 12.3. The van der Waals surface area contributed by atoms with Crippen LogP contribution in [0, 0.1) is 17.2 Å². The Labute approximate surface area is 108 Å². The lowest BCUT2D eigenvalue weighted by Crippen LogP contribution is -2.47. The van der Waals surface area contributed by atoms with Gasteiger partial charge in [0.1, 0.15) is 0 Å². The van der Waals surface area contributed by atoms with E-state index in [0.717, 1.165) is 5.69 Å². The van der Waals surface area contributed by atoms with Gasteiger partial charge in [-0.3, -0.25) is 4.79 Å². The van der Waals surface area contributed by atoms with Crippen molar-refractivity contribution in [1.29, 1.82) is 5.26 Å². The molecular formula is C14H19N3O. The summed E-state index contributed by atoms with van der Waals surface area (Å²) >= 11 is 0. The van der Waals surface area contributed by atoms with Crippen LogP contribution in [0.1, 0.15) is 20.3 Å². The van der Waals surface area contributed by atoms with Gasteiger partial charge in [0.05, 0.1) is 18.5 Å². The predicted molar refractivity (Wildman–Crippen MR) is 71.8 cm³/mol. The zero-order valence-corrected chi connectivity index (χ0v) is 10.8. The van der Waals surface area contributed by atoms with E-state index in [1.54, 1.807) is 4.90 Å². The highest BCUT2D eigenvalue weighted by molar-refractivity contribution is 5.97. The molecule has 0 fully saturated rings. The Morgan fingerprint density at radius 1 is 1.39 bits per heavy atom. The Bertz CT molecular complexity index is 422. The molecule has 1 unspecified atom stereocenters. The zero-order valence-electron chi connectivity index (χ0n) is 10.8. The van der Waals surface area contributed by atoms with E-state index in [2.05, 4.69) is 6.07 Å². The highest BCUT2D eigenvalue weighted by Crippen LogP contribution is 2.16. The van der Waals surface area contributed by atoms with Crippen LogP contribution in [-0.4, -0.2) is 18.5 Å². The van der Waals surface area contributed by atoms with Crippen molar-refractivity contribution in [2.45, 2.75) is 26.3 Å². The van der Waals surface area contributed by atoms with Gasteiger partial charge in [0.15, 0.2) is 0 Å². The number of amides is 1. The van der Waals surface area contributed by atoms with Crippen LogP contribution < -0.4 is 10.6 Å². The lowest BCUT2D eigenvalue weighted by molar-refractivity contribution is -0.120. The van der Waals surface area contributed by atoms with E-state index in [4.69, 9.17) is 11.0 Å². The fourth-order valence-corrected chi connectivity index (χ4v) is 1.60. The molecule has 1 amide bonds. The third kappa shape index (κ3) is 3.57. The minimum atomic E-state index is -0.538. The second-order valence-electron chi connectivity index (χ2n) is 4.50. The molecule has 2 N–H and O–H groups in total. The smallest absolute Gasteiger partial charge is 0.244 e. The average molecular weight is 245 g/mol. The molecule has 0 aliphatic carbocycles. The van der Waals surface area contributed by atoms with Gasteiger partial charge in [0.2, 0.25) is 5.91 Å². The van der Waals surface area contributed by atoms with Crippen molar-refractivity contribution in [3.8, 4) is 6.07 Å². The standard InChI is InChI=1S/C14H19N3O/c1-11(2)13(16)14(18)17(10-6-9-15)12-7-4-3-5-8-12/h3-5,7-8,11,13H,6,10,16H2,1-2H3. The van der Waals surface area contributed by atoms with Crippen molar-refractivity contribution in [3.63, 3.8) is 0 Å². The molecule has 4 heteroatoms. The number of hydrogen-bond acceptors (Lipinski definition) is 3. The Morgan fingerprint density at radius 2 is 2.00 bits per heavy atom. The van der Waals surface area contributed by atoms with Crippen molar-refractivity contribution in [3.05, 3.63) is 30.3 Å². The first kappa shape index (κ1) is 14.2. The van der Waals surface area contributed by atoms with Gasteiger partial charge in [0, 0.05) is 12.2 Å². The van der Waals surface area contributed by atoms with E-state index >= 15 is 0 Å². The summed E-state index contributed by atoms with van der Waals surface area (Å²) in [4.78, 5) is 13.9. The van der Waals surface area contributed by atoms with Crippen molar-refractivity contribution >= 4 is 11.6 Å². The minimum Gasteiger partial charge on any atom is -0.320 e. The van der Waals surface area contributed by atoms with Crippen molar-refractivity contribution < 1.29 is 4.79 Å². The molecule has 0 aliphatic heterocycles. The molecule has 0 aliphatic rings. The van der Waals surface area contributed by atoms with Crippen molar-refractivity contribution in [2.24, 2.45) is 11.7 Å². The maximum atomic E-state index is 12.3. The second-order valence-corrected chi connectivity index (χ2v) is 4.50. The first-order valence-corrected chi connectivity index (χ1v) is 6.07. The van der Waals surface area contributed by atoms with Gasteiger partial charge in [-0.05, 0) is 18.1 Å². The van der Waals surface area contributed by atoms with Gasteiger partial charge in [-0.15, -0.1) is 0 Å². The van der Waals surface area contributed by atoms with E-state index in [0.29, 0.717) is 13.0 Å². The fourth-order valence-electron chi connectivity index (χ4n) is 1.60. The summed E-state index contributed by atoms with van der Waals surface area (Å²) in [5.41, 5.74) is 6.68. The molecule has 0 aromatic heterocycles. The third-order valence-corrected chi connectivity index (χ3v) is 2.78. The molecular weight excluding hydrogens is 226 g/mol. The van der Waals surface area contributed by atoms with Crippen LogP contribution in [0.15, 0.2) is 30.3 Å². The van der Waals surface area contributed by atoms with E-state index < -0.39 is 6.04 Å². The van der Waals surface area contributed by atoms with Crippen LogP contribution in [0.25, 0.3) is 0 Å². The van der Waals surface area contributed by atoms with Gasteiger partial charge in [-0.2, -0.15) is 5.26 Å². The van der Waals surface area contributed by atoms with Gasteiger partial charge >= 0.3 is 0 Å². The van der Waals surface area contributed by atoms with Gasteiger partial charge < -0.3 is 10.6 Å². The summed E-state index contributed by atoms with van der Waals surface area (Å²) in [6.45, 7) is 4.20. The first-order chi connectivity index (χ1) is 8.57. The third-order valence-electron chi connectivity index (χ3n) is 2.78. The van der Waals surface area contributed by atoms with E-state index in [9.17, 15) is 4.79 Å². The van der Waals surface area contributed by atoms with Crippen LogP contribution in [-0.2, 0) is 4.79 Å². The summed E-state index contributed by atoms with van der Waals surface area (Å²) in [5.74, 6) is -0.0581. The van der Waals surface area contributed by atoms with Gasteiger partial charge in [-0.1, -0.05) is 32.0 Å². The fraction of sp³-hybridized carbons (Fsp3) is 0.429. The Hall–Kier alpha value is -1.86. The predicted octanol–water partition coefficient (Wildman–Crippen LogP) is 1.92. The minimum absolute atomic E-state index is 0.0748. The largest absolute Gasteiger partial charge is 0.320 e. The molecule has 1 atom stereocenters. The van der Waals surface area contributed by atoms with Crippen LogP contribution in [0.5, 0.6) is 0 Å². The Kier molecular flexibility index (Phi) is 5.34. The number of anilines is 1. The zero-order chi connectivity index (χ0) is 13.5. The lowest BCUT2D eigenvalue weighted by Gasteiger charge is -2.26. The van der Waals surface area contributed by atoms with E-state index in [1.807, 2.05) is 44.2 Å². The summed E-state index contributed by atoms with van der Waals surface area (Å²) in [6.07, 6.45) is 0.297. The van der Waals surface area contributed by atoms with Crippen molar-refractivity contribution in [2.75, 3.05) is 11.4 Å². The van der Waals surface area contributed by atoms with Crippen LogP contribution >= 0.6 is 0 Å². The molecule has 0 heterocycles. The number of hydrogen-bond donors (Lipinski definition) is 1. The number of nitriles is 1. The normalized spacial score (nSPS) is 11.9. The number of nitrogens with two attached hydrogens (primary N) is 1. The Morgan fingerprint density at radius 3 is 2.50 bits per heavy atom. The molecule has 0 saturated carbocycles. The molecule has 4 nitrogen and oxygen atoms in total. The number of carbonyl (C=O) groups is 1. The monoisotopic (exact) mass is 245 g/mol. The lowest BCUT2D eigenvalue weighted by atomic mass is 10.0. The average Bonchev–Trinajstić information content (AvgIpc) is 2.39.